The molecule has 3 aromatic rings. The normalized spacial score (nSPS) is 11.7. The van der Waals surface area contributed by atoms with Crippen molar-refractivity contribution in [3.05, 3.63) is 65.9 Å². The van der Waals surface area contributed by atoms with Crippen molar-refractivity contribution < 1.29 is 26.3 Å². The van der Waals surface area contributed by atoms with Gasteiger partial charge in [0.15, 0.2) is 21.3 Å². The molecule has 11 heteroatoms. The van der Waals surface area contributed by atoms with E-state index in [9.17, 15) is 16.8 Å². The Labute approximate surface area is 179 Å². The molecule has 0 amide bonds. The van der Waals surface area contributed by atoms with E-state index in [0.717, 1.165) is 6.26 Å². The zero-order valence-corrected chi connectivity index (χ0v) is 18.3. The number of hydrogen-bond acceptors (Lipinski definition) is 7. The minimum Gasteiger partial charge on any atom is -0.491 e. The molecule has 0 radical (unpaired) electrons. The summed E-state index contributed by atoms with van der Waals surface area (Å²) in [5, 5.41) is 0.323. The molecule has 2 aromatic carbocycles. The molecular weight excluding hydrogens is 452 g/mol. The fraction of sp³-hybridized carbons (Fsp3) is 0.105. The predicted octanol–water partition coefficient (Wildman–Crippen LogP) is 3.74. The second-order valence-electron chi connectivity index (χ2n) is 6.10. The summed E-state index contributed by atoms with van der Waals surface area (Å²) >= 11 is 5.91. The fourth-order valence-corrected chi connectivity index (χ4v) is 4.77. The molecule has 0 fully saturated rings. The van der Waals surface area contributed by atoms with Crippen LogP contribution in [0.2, 0.25) is 5.02 Å². The Morgan fingerprint density at radius 3 is 2.30 bits per heavy atom. The number of ether oxygens (including phenoxy) is 2. The van der Waals surface area contributed by atoms with Crippen LogP contribution in [0.5, 0.6) is 17.2 Å². The predicted molar refractivity (Wildman–Crippen MR) is 113 cm³/mol. The maximum atomic E-state index is 12.8. The summed E-state index contributed by atoms with van der Waals surface area (Å²) in [6, 6.07) is 11.6. The fourth-order valence-electron chi connectivity index (χ4n) is 2.60. The summed E-state index contributed by atoms with van der Waals surface area (Å²) in [5.74, 6) is 0.210. The van der Waals surface area contributed by atoms with Gasteiger partial charge in [0.05, 0.1) is 28.1 Å². The van der Waals surface area contributed by atoms with Crippen molar-refractivity contribution in [3.63, 3.8) is 0 Å². The van der Waals surface area contributed by atoms with Crippen LogP contribution in [0.15, 0.2) is 70.7 Å². The van der Waals surface area contributed by atoms with Crippen LogP contribution in [0.4, 0.5) is 5.69 Å². The number of nitrogens with zero attached hydrogens (tertiary/aromatic N) is 1. The van der Waals surface area contributed by atoms with E-state index in [1.807, 2.05) is 0 Å². The molecule has 1 N–H and O–H groups in total. The average Bonchev–Trinajstić information content (AvgIpc) is 2.68. The van der Waals surface area contributed by atoms with Crippen molar-refractivity contribution in [2.75, 3.05) is 18.1 Å². The first-order valence-electron chi connectivity index (χ1n) is 8.39. The first-order valence-corrected chi connectivity index (χ1v) is 12.1. The molecule has 0 saturated heterocycles. The van der Waals surface area contributed by atoms with Gasteiger partial charge in [-0.1, -0.05) is 29.8 Å². The summed E-state index contributed by atoms with van der Waals surface area (Å²) in [4.78, 5) is 3.60. The summed E-state index contributed by atoms with van der Waals surface area (Å²) in [6.45, 7) is 0. The van der Waals surface area contributed by atoms with Crippen LogP contribution in [0.1, 0.15) is 0 Å². The Bertz CT molecular complexity index is 1280. The van der Waals surface area contributed by atoms with Crippen molar-refractivity contribution in [1.82, 2.24) is 4.98 Å². The van der Waals surface area contributed by atoms with E-state index >= 15 is 0 Å². The second kappa shape index (κ2) is 8.50. The maximum absolute atomic E-state index is 12.8. The van der Waals surface area contributed by atoms with E-state index < -0.39 is 19.9 Å². The Morgan fingerprint density at radius 1 is 1.00 bits per heavy atom. The second-order valence-corrected chi connectivity index (χ2v) is 10.2. The molecule has 0 saturated carbocycles. The number of benzene rings is 2. The molecule has 0 aliphatic heterocycles. The van der Waals surface area contributed by atoms with Gasteiger partial charge in [-0.05, 0) is 24.3 Å². The third kappa shape index (κ3) is 4.84. The number of sulfone groups is 1. The van der Waals surface area contributed by atoms with Gasteiger partial charge in [-0.25, -0.2) is 16.8 Å². The molecule has 0 unspecified atom stereocenters. The number of nitrogens with one attached hydrogen (secondary N) is 1. The lowest BCUT2D eigenvalue weighted by atomic mass is 10.2. The van der Waals surface area contributed by atoms with E-state index in [0.29, 0.717) is 5.02 Å². The Kier molecular flexibility index (Phi) is 6.20. The zero-order valence-electron chi connectivity index (χ0n) is 15.9. The SMILES string of the molecule is COc1c(Oc2cncc(Cl)c2)ccc(S(C)(=O)=O)c1NS(=O)(=O)c1ccccc1. The molecular formula is C19H17ClN2O6S2. The molecule has 0 aliphatic carbocycles. The molecule has 1 aromatic heterocycles. The van der Waals surface area contributed by atoms with Crippen LogP contribution < -0.4 is 14.2 Å². The van der Waals surface area contributed by atoms with Gasteiger partial charge in [0.1, 0.15) is 11.4 Å². The number of pyridine rings is 1. The highest BCUT2D eigenvalue weighted by Gasteiger charge is 2.26. The number of sulfonamides is 1. The third-order valence-electron chi connectivity index (χ3n) is 3.88. The summed E-state index contributed by atoms with van der Waals surface area (Å²) < 4.78 is 63.6. The van der Waals surface area contributed by atoms with Crippen LogP contribution in [0, 0.1) is 0 Å². The molecule has 158 valence electrons. The number of aromatic nitrogens is 1. The molecule has 1 heterocycles. The Balaban J connectivity index is 2.15. The van der Waals surface area contributed by atoms with Gasteiger partial charge in [0.25, 0.3) is 10.0 Å². The molecule has 30 heavy (non-hydrogen) atoms. The Hall–Kier alpha value is -2.82. The van der Waals surface area contributed by atoms with Crippen LogP contribution in [-0.4, -0.2) is 35.2 Å². The minimum absolute atomic E-state index is 0.0446. The molecule has 0 spiro atoms. The van der Waals surface area contributed by atoms with Crippen LogP contribution in [0.3, 0.4) is 0 Å². The van der Waals surface area contributed by atoms with Crippen LogP contribution in [-0.2, 0) is 19.9 Å². The standard InChI is InChI=1S/C19H17ClN2O6S2/c1-27-19-16(28-14-10-13(20)11-21-12-14)8-9-17(29(2,23)24)18(19)22-30(25,26)15-6-4-3-5-7-15/h3-12,22H,1-2H3. The molecule has 0 atom stereocenters. The highest BCUT2D eigenvalue weighted by atomic mass is 35.5. The molecule has 0 bridgehead atoms. The number of anilines is 1. The first kappa shape index (κ1) is 21.9. The van der Waals surface area contributed by atoms with Gasteiger partial charge >= 0.3 is 0 Å². The van der Waals surface area contributed by atoms with Crippen LogP contribution in [0.25, 0.3) is 0 Å². The quantitative estimate of drug-likeness (QED) is 0.562. The van der Waals surface area contributed by atoms with Gasteiger partial charge in [-0.2, -0.15) is 0 Å². The van der Waals surface area contributed by atoms with Gasteiger partial charge in [-0.15, -0.1) is 0 Å². The summed E-state index contributed by atoms with van der Waals surface area (Å²) in [5.41, 5.74) is -0.267. The zero-order chi connectivity index (χ0) is 21.9. The Morgan fingerprint density at radius 2 is 1.70 bits per heavy atom. The van der Waals surface area contributed by atoms with Crippen molar-refractivity contribution in [3.8, 4) is 17.2 Å². The molecule has 3 rings (SSSR count). The van der Waals surface area contributed by atoms with Crippen molar-refractivity contribution in [1.29, 1.82) is 0 Å². The minimum atomic E-state index is -4.11. The first-order chi connectivity index (χ1) is 14.1. The monoisotopic (exact) mass is 468 g/mol. The van der Waals surface area contributed by atoms with Crippen molar-refractivity contribution >= 4 is 37.1 Å². The van der Waals surface area contributed by atoms with Gasteiger partial charge < -0.3 is 9.47 Å². The maximum Gasteiger partial charge on any atom is 0.262 e. The van der Waals surface area contributed by atoms with Crippen molar-refractivity contribution in [2.45, 2.75) is 9.79 Å². The van der Waals surface area contributed by atoms with Crippen molar-refractivity contribution in [2.24, 2.45) is 0 Å². The lowest BCUT2D eigenvalue weighted by Gasteiger charge is -2.18. The van der Waals surface area contributed by atoms with E-state index in [2.05, 4.69) is 9.71 Å². The highest BCUT2D eigenvalue weighted by Crippen LogP contribution is 2.43. The van der Waals surface area contributed by atoms with E-state index in [1.165, 1.54) is 49.8 Å². The number of halogens is 1. The number of methoxy groups -OCH3 is 1. The summed E-state index contributed by atoms with van der Waals surface area (Å²) in [7, 11) is -6.65. The van der Waals surface area contributed by atoms with E-state index in [-0.39, 0.29) is 32.7 Å². The average molecular weight is 469 g/mol. The summed E-state index contributed by atoms with van der Waals surface area (Å²) in [6.07, 6.45) is 3.77. The lowest BCUT2D eigenvalue weighted by Crippen LogP contribution is -2.16. The van der Waals surface area contributed by atoms with E-state index in [4.69, 9.17) is 21.1 Å². The third-order valence-corrected chi connectivity index (χ3v) is 6.60. The molecule has 8 nitrogen and oxygen atoms in total. The van der Waals surface area contributed by atoms with Gasteiger partial charge in [0, 0.05) is 18.5 Å². The smallest absolute Gasteiger partial charge is 0.262 e. The number of rotatable bonds is 7. The van der Waals surface area contributed by atoms with E-state index in [1.54, 1.807) is 18.2 Å². The number of hydrogen-bond donors (Lipinski definition) is 1. The lowest BCUT2D eigenvalue weighted by molar-refractivity contribution is 0.379. The van der Waals surface area contributed by atoms with Crippen LogP contribution >= 0.6 is 11.6 Å². The van der Waals surface area contributed by atoms with Gasteiger partial charge in [0.2, 0.25) is 0 Å². The molecule has 0 aliphatic rings. The topological polar surface area (TPSA) is 112 Å². The highest BCUT2D eigenvalue weighted by molar-refractivity contribution is 7.93. The van der Waals surface area contributed by atoms with Gasteiger partial charge in [-0.3, -0.25) is 9.71 Å². The largest absolute Gasteiger partial charge is 0.491 e.